The minimum atomic E-state index is 0.618. The average molecular weight is 269 g/mol. The van der Waals surface area contributed by atoms with Crippen molar-refractivity contribution in [3.63, 3.8) is 0 Å². The van der Waals surface area contributed by atoms with E-state index >= 15 is 0 Å². The van der Waals surface area contributed by atoms with Gasteiger partial charge in [-0.15, -0.1) is 0 Å². The van der Waals surface area contributed by atoms with E-state index in [1.54, 1.807) is 11.1 Å². The van der Waals surface area contributed by atoms with E-state index in [0.717, 1.165) is 17.8 Å². The predicted molar refractivity (Wildman–Crippen MR) is 83.7 cm³/mol. The van der Waals surface area contributed by atoms with Gasteiger partial charge in [-0.3, -0.25) is 0 Å². The molecule has 4 atom stereocenters. The maximum atomic E-state index is 3.94. The van der Waals surface area contributed by atoms with Crippen LogP contribution in [0.2, 0.25) is 0 Å². The zero-order chi connectivity index (χ0) is 13.4. The molecule has 20 heavy (non-hydrogen) atoms. The summed E-state index contributed by atoms with van der Waals surface area (Å²) in [5, 5.41) is 3.94. The number of aryl methyl sites for hydroxylation is 1. The molecule has 0 aliphatic heterocycles. The van der Waals surface area contributed by atoms with Gasteiger partial charge in [0, 0.05) is 6.04 Å². The molecule has 0 amide bonds. The summed E-state index contributed by atoms with van der Waals surface area (Å²) in [6, 6.07) is 9.74. The molecule has 3 aliphatic carbocycles. The highest BCUT2D eigenvalue weighted by Crippen LogP contribution is 2.48. The van der Waals surface area contributed by atoms with Crippen LogP contribution in [0.25, 0.3) is 0 Å². The van der Waals surface area contributed by atoms with E-state index in [0.29, 0.717) is 6.04 Å². The second-order valence-corrected chi connectivity index (χ2v) is 7.34. The van der Waals surface area contributed by atoms with Crippen molar-refractivity contribution in [3.8, 4) is 0 Å². The van der Waals surface area contributed by atoms with Gasteiger partial charge < -0.3 is 5.32 Å². The third-order valence-electron chi connectivity index (χ3n) is 6.13. The van der Waals surface area contributed by atoms with Crippen molar-refractivity contribution in [2.45, 2.75) is 57.4 Å². The molecule has 0 aromatic heterocycles. The van der Waals surface area contributed by atoms with Gasteiger partial charge in [0.2, 0.25) is 0 Å². The third kappa shape index (κ3) is 2.41. The van der Waals surface area contributed by atoms with Crippen molar-refractivity contribution in [2.24, 2.45) is 17.8 Å². The van der Waals surface area contributed by atoms with E-state index in [9.17, 15) is 0 Å². The summed E-state index contributed by atoms with van der Waals surface area (Å²) in [5.41, 5.74) is 3.18. The average Bonchev–Trinajstić information content (AvgIpc) is 3.04. The Morgan fingerprint density at radius 2 is 1.95 bits per heavy atom. The number of fused-ring (bicyclic) bond motifs is 3. The van der Waals surface area contributed by atoms with Gasteiger partial charge in [-0.05, 0) is 74.0 Å². The van der Waals surface area contributed by atoms with Gasteiger partial charge in [0.1, 0.15) is 0 Å². The van der Waals surface area contributed by atoms with E-state index in [-0.39, 0.29) is 0 Å². The maximum Gasteiger partial charge on any atom is 0.0323 e. The Balaban J connectivity index is 1.43. The van der Waals surface area contributed by atoms with Crippen LogP contribution in [0, 0.1) is 17.8 Å². The topological polar surface area (TPSA) is 12.0 Å². The largest absolute Gasteiger partial charge is 0.310 e. The highest BCUT2D eigenvalue weighted by Gasteiger charge is 2.39. The fourth-order valence-electron chi connectivity index (χ4n) is 5.05. The minimum Gasteiger partial charge on any atom is -0.310 e. The molecule has 0 spiro atoms. The van der Waals surface area contributed by atoms with Crippen LogP contribution in [-0.4, -0.2) is 6.54 Å². The summed E-state index contributed by atoms with van der Waals surface area (Å²) >= 11 is 0. The van der Waals surface area contributed by atoms with E-state index in [2.05, 4.69) is 29.6 Å². The highest BCUT2D eigenvalue weighted by atomic mass is 14.9. The molecule has 108 valence electrons. The molecule has 4 rings (SSSR count). The summed E-state index contributed by atoms with van der Waals surface area (Å²) in [4.78, 5) is 0. The van der Waals surface area contributed by atoms with E-state index in [4.69, 9.17) is 0 Å². The Morgan fingerprint density at radius 3 is 2.80 bits per heavy atom. The van der Waals surface area contributed by atoms with Crippen molar-refractivity contribution < 1.29 is 0 Å². The summed E-state index contributed by atoms with van der Waals surface area (Å²) in [5.74, 6) is 3.10. The predicted octanol–water partition coefficient (Wildman–Crippen LogP) is 4.48. The van der Waals surface area contributed by atoms with Crippen LogP contribution in [0.3, 0.4) is 0 Å². The Labute approximate surface area is 123 Å². The van der Waals surface area contributed by atoms with Gasteiger partial charge in [-0.25, -0.2) is 0 Å². The lowest BCUT2D eigenvalue weighted by Gasteiger charge is -2.26. The third-order valence-corrected chi connectivity index (χ3v) is 6.13. The Kier molecular flexibility index (Phi) is 3.56. The van der Waals surface area contributed by atoms with Crippen molar-refractivity contribution in [2.75, 3.05) is 6.54 Å². The van der Waals surface area contributed by atoms with Gasteiger partial charge in [-0.1, -0.05) is 37.1 Å². The van der Waals surface area contributed by atoms with Gasteiger partial charge in [0.25, 0.3) is 0 Å². The number of nitrogens with one attached hydrogen (secondary N) is 1. The van der Waals surface area contributed by atoms with Crippen LogP contribution in [0.4, 0.5) is 0 Å². The lowest BCUT2D eigenvalue weighted by Crippen LogP contribution is -2.30. The zero-order valence-electron chi connectivity index (χ0n) is 12.5. The Hall–Kier alpha value is -0.820. The van der Waals surface area contributed by atoms with Crippen molar-refractivity contribution in [3.05, 3.63) is 35.4 Å². The van der Waals surface area contributed by atoms with Crippen molar-refractivity contribution >= 4 is 0 Å². The number of hydrogen-bond donors (Lipinski definition) is 1. The molecule has 2 bridgehead atoms. The summed E-state index contributed by atoms with van der Waals surface area (Å²) in [6.07, 6.45) is 11.4. The zero-order valence-corrected chi connectivity index (χ0v) is 12.5. The van der Waals surface area contributed by atoms with E-state index in [1.807, 2.05) is 0 Å². The van der Waals surface area contributed by atoms with E-state index in [1.165, 1.54) is 57.9 Å². The molecule has 0 saturated heterocycles. The Bertz CT molecular complexity index is 467. The SMILES string of the molecule is c1ccc2c(c1)CCCCC2NCC1CC2CCC1C2. The standard InChI is InChI=1S/C19H27N/c1-3-7-18-15(5-1)6-2-4-8-19(18)20-13-17-12-14-9-10-16(17)11-14/h1,3,5,7,14,16-17,19-20H,2,4,6,8-13H2. The molecule has 3 aliphatic rings. The molecule has 1 N–H and O–H groups in total. The number of hydrogen-bond acceptors (Lipinski definition) is 1. The molecule has 2 fully saturated rings. The van der Waals surface area contributed by atoms with Crippen molar-refractivity contribution in [1.82, 2.24) is 5.32 Å². The van der Waals surface area contributed by atoms with Crippen LogP contribution in [0.5, 0.6) is 0 Å². The van der Waals surface area contributed by atoms with Gasteiger partial charge in [0.05, 0.1) is 0 Å². The fourth-order valence-corrected chi connectivity index (χ4v) is 5.05. The molecule has 4 unspecified atom stereocenters. The molecule has 1 aromatic carbocycles. The molecule has 1 heteroatoms. The number of benzene rings is 1. The van der Waals surface area contributed by atoms with Crippen LogP contribution >= 0.6 is 0 Å². The first kappa shape index (κ1) is 12.9. The maximum absolute atomic E-state index is 3.94. The van der Waals surface area contributed by atoms with Gasteiger partial charge in [0.15, 0.2) is 0 Å². The Morgan fingerprint density at radius 1 is 1.00 bits per heavy atom. The number of rotatable bonds is 3. The van der Waals surface area contributed by atoms with Crippen molar-refractivity contribution in [1.29, 1.82) is 0 Å². The molecule has 1 nitrogen and oxygen atoms in total. The van der Waals surface area contributed by atoms with Gasteiger partial charge >= 0.3 is 0 Å². The first-order valence-electron chi connectivity index (χ1n) is 8.71. The molecule has 0 heterocycles. The summed E-state index contributed by atoms with van der Waals surface area (Å²) in [6.45, 7) is 1.26. The molecule has 0 radical (unpaired) electrons. The van der Waals surface area contributed by atoms with E-state index < -0.39 is 0 Å². The molecule has 2 saturated carbocycles. The minimum absolute atomic E-state index is 0.618. The smallest absolute Gasteiger partial charge is 0.0323 e. The van der Waals surface area contributed by atoms with Crippen LogP contribution in [0.15, 0.2) is 24.3 Å². The fraction of sp³-hybridized carbons (Fsp3) is 0.684. The second-order valence-electron chi connectivity index (χ2n) is 7.34. The highest BCUT2D eigenvalue weighted by molar-refractivity contribution is 5.31. The van der Waals surface area contributed by atoms with Crippen LogP contribution in [0.1, 0.15) is 62.1 Å². The molecular weight excluding hydrogens is 242 g/mol. The molecule has 1 aromatic rings. The second kappa shape index (κ2) is 5.52. The lowest BCUT2D eigenvalue weighted by atomic mass is 9.88. The lowest BCUT2D eigenvalue weighted by molar-refractivity contribution is 0.302. The van der Waals surface area contributed by atoms with Gasteiger partial charge in [-0.2, -0.15) is 0 Å². The normalized spacial score (nSPS) is 35.8. The first-order chi connectivity index (χ1) is 9.90. The summed E-state index contributed by atoms with van der Waals surface area (Å²) < 4.78 is 0. The van der Waals surface area contributed by atoms with Crippen LogP contribution in [-0.2, 0) is 6.42 Å². The van der Waals surface area contributed by atoms with Crippen LogP contribution < -0.4 is 5.32 Å². The summed E-state index contributed by atoms with van der Waals surface area (Å²) in [7, 11) is 0. The molecular formula is C19H27N. The quantitative estimate of drug-likeness (QED) is 0.798. The first-order valence-corrected chi connectivity index (χ1v) is 8.71. The monoisotopic (exact) mass is 269 g/mol.